The molecule has 0 aliphatic rings. The zero-order valence-corrected chi connectivity index (χ0v) is 12.1. The number of aromatic nitrogens is 2. The Labute approximate surface area is 124 Å². The van der Waals surface area contributed by atoms with Crippen LogP contribution in [0, 0.1) is 17.7 Å². The first-order chi connectivity index (χ1) is 10.2. The van der Waals surface area contributed by atoms with Crippen LogP contribution in [0.25, 0.3) is 0 Å². The summed E-state index contributed by atoms with van der Waals surface area (Å²) in [4.78, 5) is 4.29. The van der Waals surface area contributed by atoms with Gasteiger partial charge in [-0.25, -0.2) is 9.37 Å². The van der Waals surface area contributed by atoms with Gasteiger partial charge in [0.05, 0.1) is 13.2 Å². The van der Waals surface area contributed by atoms with Crippen LogP contribution < -0.4 is 0 Å². The SMILES string of the molecule is CCCc1nccn1Cc1ccc(C#CCCO)cc1F. The van der Waals surface area contributed by atoms with Crippen molar-refractivity contribution in [3.05, 3.63) is 53.4 Å². The number of aliphatic hydroxyl groups excluding tert-OH is 1. The third-order valence-corrected chi connectivity index (χ3v) is 3.14. The third-order valence-electron chi connectivity index (χ3n) is 3.14. The summed E-state index contributed by atoms with van der Waals surface area (Å²) in [5.41, 5.74) is 1.25. The van der Waals surface area contributed by atoms with Crippen molar-refractivity contribution in [3.8, 4) is 11.8 Å². The molecule has 1 aromatic heterocycles. The number of aliphatic hydroxyl groups is 1. The third kappa shape index (κ3) is 4.17. The van der Waals surface area contributed by atoms with E-state index in [2.05, 4.69) is 23.7 Å². The molecule has 110 valence electrons. The van der Waals surface area contributed by atoms with Gasteiger partial charge in [-0.15, -0.1) is 0 Å². The molecule has 0 aliphatic heterocycles. The molecule has 0 spiro atoms. The topological polar surface area (TPSA) is 38.0 Å². The lowest BCUT2D eigenvalue weighted by molar-refractivity contribution is 0.305. The molecular formula is C17H19FN2O. The van der Waals surface area contributed by atoms with Crippen molar-refractivity contribution in [1.82, 2.24) is 9.55 Å². The van der Waals surface area contributed by atoms with E-state index in [1.165, 1.54) is 6.07 Å². The highest BCUT2D eigenvalue weighted by molar-refractivity contribution is 5.37. The molecule has 0 amide bonds. The minimum atomic E-state index is -0.262. The second-order valence-corrected chi connectivity index (χ2v) is 4.80. The smallest absolute Gasteiger partial charge is 0.129 e. The number of halogens is 1. The van der Waals surface area contributed by atoms with Gasteiger partial charge in [0.2, 0.25) is 0 Å². The van der Waals surface area contributed by atoms with E-state index in [1.54, 1.807) is 18.3 Å². The molecule has 0 atom stereocenters. The normalized spacial score (nSPS) is 10.2. The highest BCUT2D eigenvalue weighted by Gasteiger charge is 2.07. The molecule has 0 aliphatic carbocycles. The summed E-state index contributed by atoms with van der Waals surface area (Å²) in [5, 5.41) is 8.67. The second-order valence-electron chi connectivity index (χ2n) is 4.80. The van der Waals surface area contributed by atoms with Crippen LogP contribution in [0.4, 0.5) is 4.39 Å². The van der Waals surface area contributed by atoms with Crippen LogP contribution in [0.1, 0.15) is 36.7 Å². The number of hydrogen-bond acceptors (Lipinski definition) is 2. The lowest BCUT2D eigenvalue weighted by Gasteiger charge is -2.08. The summed E-state index contributed by atoms with van der Waals surface area (Å²) in [6.07, 6.45) is 5.92. The Bertz CT molecular complexity index is 652. The van der Waals surface area contributed by atoms with Crippen LogP contribution in [0.3, 0.4) is 0 Å². The molecule has 4 heteroatoms. The Balaban J connectivity index is 2.14. The predicted molar refractivity (Wildman–Crippen MR) is 80.3 cm³/mol. The number of benzene rings is 1. The Hall–Kier alpha value is -2.12. The van der Waals surface area contributed by atoms with E-state index in [-0.39, 0.29) is 12.4 Å². The molecule has 1 N–H and O–H groups in total. The molecule has 0 saturated heterocycles. The first kappa shape index (κ1) is 15.3. The van der Waals surface area contributed by atoms with Crippen LogP contribution in [-0.4, -0.2) is 21.3 Å². The van der Waals surface area contributed by atoms with Crippen LogP contribution in [0.15, 0.2) is 30.6 Å². The molecule has 2 rings (SSSR count). The van der Waals surface area contributed by atoms with Crippen LogP contribution in [0.5, 0.6) is 0 Å². The number of rotatable bonds is 5. The van der Waals surface area contributed by atoms with Crippen molar-refractivity contribution < 1.29 is 9.50 Å². The molecule has 3 nitrogen and oxygen atoms in total. The molecule has 0 fully saturated rings. The lowest BCUT2D eigenvalue weighted by atomic mass is 10.1. The number of hydrogen-bond donors (Lipinski definition) is 1. The van der Waals surface area contributed by atoms with Crippen molar-refractivity contribution in [2.45, 2.75) is 32.7 Å². The fraction of sp³-hybridized carbons (Fsp3) is 0.353. The van der Waals surface area contributed by atoms with E-state index < -0.39 is 0 Å². The van der Waals surface area contributed by atoms with Crippen LogP contribution in [-0.2, 0) is 13.0 Å². The van der Waals surface area contributed by atoms with Gasteiger partial charge in [-0.3, -0.25) is 0 Å². The van der Waals surface area contributed by atoms with Gasteiger partial charge in [0.15, 0.2) is 0 Å². The second kappa shape index (κ2) is 7.61. The maximum Gasteiger partial charge on any atom is 0.129 e. The quantitative estimate of drug-likeness (QED) is 0.858. The molecule has 0 unspecified atom stereocenters. The average Bonchev–Trinajstić information content (AvgIpc) is 2.90. The Morgan fingerprint density at radius 2 is 2.24 bits per heavy atom. The van der Waals surface area contributed by atoms with Crippen LogP contribution in [0.2, 0.25) is 0 Å². The maximum absolute atomic E-state index is 14.1. The Morgan fingerprint density at radius 1 is 1.38 bits per heavy atom. The zero-order chi connectivity index (χ0) is 15.1. The van der Waals surface area contributed by atoms with E-state index in [0.717, 1.165) is 18.7 Å². The van der Waals surface area contributed by atoms with Crippen molar-refractivity contribution in [2.24, 2.45) is 0 Å². The monoisotopic (exact) mass is 286 g/mol. The molecular weight excluding hydrogens is 267 g/mol. The molecule has 0 radical (unpaired) electrons. The largest absolute Gasteiger partial charge is 0.395 e. The molecule has 2 aromatic rings. The average molecular weight is 286 g/mol. The summed E-state index contributed by atoms with van der Waals surface area (Å²) in [6.45, 7) is 2.60. The highest BCUT2D eigenvalue weighted by Crippen LogP contribution is 2.13. The van der Waals surface area contributed by atoms with Gasteiger partial charge < -0.3 is 9.67 Å². The van der Waals surface area contributed by atoms with Gasteiger partial charge in [0.1, 0.15) is 11.6 Å². The minimum absolute atomic E-state index is 0.0222. The number of nitrogens with zero attached hydrogens (tertiary/aromatic N) is 2. The molecule has 1 heterocycles. The lowest BCUT2D eigenvalue weighted by Crippen LogP contribution is -2.06. The standard InChI is InChI=1S/C17H19FN2O/c1-2-5-17-19-9-10-20(17)13-15-8-7-14(12-16(15)18)6-3-4-11-21/h7-10,12,21H,2,4-5,11,13H2,1H3. The Kier molecular flexibility index (Phi) is 5.53. The maximum atomic E-state index is 14.1. The summed E-state index contributed by atoms with van der Waals surface area (Å²) in [5.74, 6) is 6.34. The fourth-order valence-corrected chi connectivity index (χ4v) is 2.09. The van der Waals surface area contributed by atoms with Gasteiger partial charge in [-0.05, 0) is 18.6 Å². The van der Waals surface area contributed by atoms with Gasteiger partial charge in [-0.2, -0.15) is 0 Å². The van der Waals surface area contributed by atoms with E-state index in [0.29, 0.717) is 24.1 Å². The summed E-state index contributed by atoms with van der Waals surface area (Å²) >= 11 is 0. The molecule has 1 aromatic carbocycles. The van der Waals surface area contributed by atoms with Crippen molar-refractivity contribution >= 4 is 0 Å². The number of imidazole rings is 1. The first-order valence-corrected chi connectivity index (χ1v) is 7.12. The van der Waals surface area contributed by atoms with Crippen molar-refractivity contribution in [2.75, 3.05) is 6.61 Å². The van der Waals surface area contributed by atoms with Crippen molar-refractivity contribution in [3.63, 3.8) is 0 Å². The highest BCUT2D eigenvalue weighted by atomic mass is 19.1. The van der Waals surface area contributed by atoms with Gasteiger partial charge in [0, 0.05) is 36.4 Å². The first-order valence-electron chi connectivity index (χ1n) is 7.12. The van der Waals surface area contributed by atoms with E-state index in [9.17, 15) is 4.39 Å². The van der Waals surface area contributed by atoms with E-state index in [1.807, 2.05) is 10.8 Å². The van der Waals surface area contributed by atoms with E-state index in [4.69, 9.17) is 5.11 Å². The predicted octanol–water partition coefficient (Wildman–Crippen LogP) is 2.76. The summed E-state index contributed by atoms with van der Waals surface area (Å²) in [6, 6.07) is 5.00. The number of aryl methyl sites for hydroxylation is 1. The summed E-state index contributed by atoms with van der Waals surface area (Å²) < 4.78 is 16.1. The molecule has 0 bridgehead atoms. The molecule has 0 saturated carbocycles. The summed E-state index contributed by atoms with van der Waals surface area (Å²) in [7, 11) is 0. The fourth-order valence-electron chi connectivity index (χ4n) is 2.09. The van der Waals surface area contributed by atoms with Gasteiger partial charge in [0.25, 0.3) is 0 Å². The van der Waals surface area contributed by atoms with Gasteiger partial charge >= 0.3 is 0 Å². The van der Waals surface area contributed by atoms with Crippen LogP contribution >= 0.6 is 0 Å². The van der Waals surface area contributed by atoms with Crippen molar-refractivity contribution in [1.29, 1.82) is 0 Å². The van der Waals surface area contributed by atoms with Gasteiger partial charge in [-0.1, -0.05) is 24.8 Å². The molecule has 21 heavy (non-hydrogen) atoms. The Morgan fingerprint density at radius 3 is 2.95 bits per heavy atom. The van der Waals surface area contributed by atoms with E-state index >= 15 is 0 Å². The zero-order valence-electron chi connectivity index (χ0n) is 12.1. The minimum Gasteiger partial charge on any atom is -0.395 e.